The lowest BCUT2D eigenvalue weighted by molar-refractivity contribution is -0.116. The number of amides is 1. The van der Waals surface area contributed by atoms with E-state index < -0.39 is 6.61 Å². The highest BCUT2D eigenvalue weighted by Crippen LogP contribution is 2.27. The smallest absolute Gasteiger partial charge is 0.387 e. The van der Waals surface area contributed by atoms with Crippen molar-refractivity contribution < 1.29 is 18.3 Å². The molecule has 3 rings (SSSR count). The van der Waals surface area contributed by atoms with Crippen molar-refractivity contribution >= 4 is 34.0 Å². The number of alkyl halides is 2. The highest BCUT2D eigenvalue weighted by molar-refractivity contribution is 7.14. The van der Waals surface area contributed by atoms with E-state index in [0.717, 1.165) is 5.56 Å². The van der Waals surface area contributed by atoms with Crippen LogP contribution in [0, 0.1) is 6.92 Å². The van der Waals surface area contributed by atoms with E-state index in [1.54, 1.807) is 24.4 Å². The SMILES string of the molecule is Cc1c(Cl)cnn1CC(=O)Nc1nc(-c2ccc(OC(F)F)cc2)cs1. The van der Waals surface area contributed by atoms with E-state index in [1.807, 2.05) is 0 Å². The minimum atomic E-state index is -2.87. The monoisotopic (exact) mass is 398 g/mol. The van der Waals surface area contributed by atoms with Crippen molar-refractivity contribution in [2.45, 2.75) is 20.1 Å². The number of carbonyl (C=O) groups is 1. The molecule has 0 saturated carbocycles. The Hall–Kier alpha value is -2.52. The Morgan fingerprint density at radius 1 is 1.38 bits per heavy atom. The number of halogens is 3. The molecule has 136 valence electrons. The number of thiazole rings is 1. The minimum Gasteiger partial charge on any atom is -0.435 e. The Balaban J connectivity index is 1.64. The molecule has 0 aliphatic heterocycles. The third-order valence-corrected chi connectivity index (χ3v) is 4.59. The molecule has 0 saturated heterocycles. The van der Waals surface area contributed by atoms with Gasteiger partial charge in [0.1, 0.15) is 12.3 Å². The fraction of sp³-hybridized carbons (Fsp3) is 0.188. The molecule has 0 radical (unpaired) electrons. The maximum absolute atomic E-state index is 12.2. The van der Waals surface area contributed by atoms with Gasteiger partial charge in [-0.15, -0.1) is 11.3 Å². The molecule has 2 aromatic heterocycles. The summed E-state index contributed by atoms with van der Waals surface area (Å²) in [6, 6.07) is 6.10. The zero-order chi connectivity index (χ0) is 18.7. The summed E-state index contributed by atoms with van der Waals surface area (Å²) < 4.78 is 30.1. The van der Waals surface area contributed by atoms with Gasteiger partial charge in [-0.25, -0.2) is 4.98 Å². The number of rotatable bonds is 6. The number of hydrogen-bond acceptors (Lipinski definition) is 5. The predicted octanol–water partition coefficient (Wildman–Crippen LogP) is 4.21. The van der Waals surface area contributed by atoms with Crippen LogP contribution in [0.5, 0.6) is 5.75 Å². The van der Waals surface area contributed by atoms with Crippen molar-refractivity contribution in [1.82, 2.24) is 14.8 Å². The summed E-state index contributed by atoms with van der Waals surface area (Å²) in [6.07, 6.45) is 1.48. The Bertz CT molecular complexity index is 911. The fourth-order valence-electron chi connectivity index (χ4n) is 2.15. The number of nitrogens with zero attached hydrogens (tertiary/aromatic N) is 3. The zero-order valence-electron chi connectivity index (χ0n) is 13.4. The predicted molar refractivity (Wildman–Crippen MR) is 94.8 cm³/mol. The average molecular weight is 399 g/mol. The normalized spacial score (nSPS) is 11.0. The van der Waals surface area contributed by atoms with Gasteiger partial charge in [-0.3, -0.25) is 9.48 Å². The molecule has 0 bridgehead atoms. The second-order valence-electron chi connectivity index (χ2n) is 5.22. The van der Waals surface area contributed by atoms with Crippen LogP contribution in [0.4, 0.5) is 13.9 Å². The average Bonchev–Trinajstić information content (AvgIpc) is 3.17. The van der Waals surface area contributed by atoms with E-state index >= 15 is 0 Å². The molecule has 1 aromatic carbocycles. The number of nitrogens with one attached hydrogen (secondary N) is 1. The molecule has 0 atom stereocenters. The van der Waals surface area contributed by atoms with Crippen LogP contribution in [0.1, 0.15) is 5.69 Å². The maximum atomic E-state index is 12.2. The number of aromatic nitrogens is 3. The van der Waals surface area contributed by atoms with Crippen molar-refractivity contribution in [2.75, 3.05) is 5.32 Å². The molecule has 1 amide bonds. The molecule has 2 heterocycles. The van der Waals surface area contributed by atoms with Gasteiger partial charge in [0, 0.05) is 10.9 Å². The molecule has 6 nitrogen and oxygen atoms in total. The molecule has 3 aromatic rings. The Kier molecular flexibility index (Phi) is 5.48. The number of carbonyl (C=O) groups excluding carboxylic acids is 1. The Morgan fingerprint density at radius 3 is 2.73 bits per heavy atom. The molecule has 10 heteroatoms. The van der Waals surface area contributed by atoms with Gasteiger partial charge in [0.05, 0.1) is 22.6 Å². The zero-order valence-corrected chi connectivity index (χ0v) is 15.0. The fourth-order valence-corrected chi connectivity index (χ4v) is 3.03. The minimum absolute atomic E-state index is 0.0210. The molecule has 0 spiro atoms. The van der Waals surface area contributed by atoms with E-state index in [2.05, 4.69) is 20.1 Å². The number of hydrogen-bond donors (Lipinski definition) is 1. The molecule has 1 N–H and O–H groups in total. The lowest BCUT2D eigenvalue weighted by atomic mass is 10.2. The van der Waals surface area contributed by atoms with Gasteiger partial charge >= 0.3 is 6.61 Å². The topological polar surface area (TPSA) is 69.0 Å². The first kappa shape index (κ1) is 18.3. The molecule has 0 unspecified atom stereocenters. The summed E-state index contributed by atoms with van der Waals surface area (Å²) in [5, 5.41) is 9.39. The van der Waals surface area contributed by atoms with E-state index in [-0.39, 0.29) is 18.2 Å². The maximum Gasteiger partial charge on any atom is 0.387 e. The first-order valence-corrected chi connectivity index (χ1v) is 8.66. The van der Waals surface area contributed by atoms with E-state index in [9.17, 15) is 13.6 Å². The van der Waals surface area contributed by atoms with Gasteiger partial charge in [-0.1, -0.05) is 11.6 Å². The third-order valence-electron chi connectivity index (χ3n) is 3.46. The quantitative estimate of drug-likeness (QED) is 0.675. The van der Waals surface area contributed by atoms with Crippen LogP contribution in [0.3, 0.4) is 0 Å². The van der Waals surface area contributed by atoms with Crippen LogP contribution < -0.4 is 10.1 Å². The molecule has 0 fully saturated rings. The first-order valence-electron chi connectivity index (χ1n) is 7.41. The Morgan fingerprint density at radius 2 is 2.12 bits per heavy atom. The molecular weight excluding hydrogens is 386 g/mol. The van der Waals surface area contributed by atoms with Gasteiger partial charge in [0.15, 0.2) is 5.13 Å². The van der Waals surface area contributed by atoms with Crippen molar-refractivity contribution in [3.8, 4) is 17.0 Å². The van der Waals surface area contributed by atoms with Gasteiger partial charge in [0.25, 0.3) is 0 Å². The van der Waals surface area contributed by atoms with Crippen molar-refractivity contribution in [2.24, 2.45) is 0 Å². The van der Waals surface area contributed by atoms with Crippen LogP contribution in [0.25, 0.3) is 11.3 Å². The number of anilines is 1. The lowest BCUT2D eigenvalue weighted by Crippen LogP contribution is -2.20. The third kappa shape index (κ3) is 4.36. The van der Waals surface area contributed by atoms with Crippen molar-refractivity contribution in [3.63, 3.8) is 0 Å². The summed E-state index contributed by atoms with van der Waals surface area (Å²) in [6.45, 7) is -1.08. The number of ether oxygens (including phenoxy) is 1. The molecule has 26 heavy (non-hydrogen) atoms. The summed E-state index contributed by atoms with van der Waals surface area (Å²) in [4.78, 5) is 16.4. The van der Waals surface area contributed by atoms with E-state index in [1.165, 1.54) is 34.3 Å². The van der Waals surface area contributed by atoms with E-state index in [0.29, 0.717) is 21.5 Å². The molecular formula is C16H13ClF2N4O2S. The van der Waals surface area contributed by atoms with Crippen LogP contribution in [0.15, 0.2) is 35.8 Å². The standard InChI is InChI=1S/C16H13ClF2N4O2S/c1-9-12(17)6-20-23(9)7-14(24)22-16-21-13(8-26-16)10-2-4-11(5-3-10)25-15(18)19/h2-6,8,15H,7H2,1H3,(H,21,22,24). The molecule has 0 aliphatic rings. The van der Waals surface area contributed by atoms with Gasteiger partial charge in [0.2, 0.25) is 5.91 Å². The summed E-state index contributed by atoms with van der Waals surface area (Å²) in [5.74, 6) is -0.213. The van der Waals surface area contributed by atoms with Gasteiger partial charge < -0.3 is 10.1 Å². The van der Waals surface area contributed by atoms with Gasteiger partial charge in [-0.05, 0) is 31.2 Å². The highest BCUT2D eigenvalue weighted by Gasteiger charge is 2.12. The van der Waals surface area contributed by atoms with Crippen LogP contribution in [-0.4, -0.2) is 27.3 Å². The van der Waals surface area contributed by atoms with E-state index in [4.69, 9.17) is 11.6 Å². The second kappa shape index (κ2) is 7.79. The lowest BCUT2D eigenvalue weighted by Gasteiger charge is -2.05. The summed E-state index contributed by atoms with van der Waals surface area (Å²) >= 11 is 7.16. The molecule has 0 aliphatic carbocycles. The number of benzene rings is 1. The van der Waals surface area contributed by atoms with Crippen LogP contribution in [0.2, 0.25) is 5.02 Å². The second-order valence-corrected chi connectivity index (χ2v) is 6.49. The highest BCUT2D eigenvalue weighted by atomic mass is 35.5. The summed E-state index contributed by atoms with van der Waals surface area (Å²) in [5.41, 5.74) is 2.04. The summed E-state index contributed by atoms with van der Waals surface area (Å²) in [7, 11) is 0. The van der Waals surface area contributed by atoms with Crippen molar-refractivity contribution in [1.29, 1.82) is 0 Å². The largest absolute Gasteiger partial charge is 0.435 e. The van der Waals surface area contributed by atoms with Gasteiger partial charge in [-0.2, -0.15) is 13.9 Å². The van der Waals surface area contributed by atoms with Crippen molar-refractivity contribution in [3.05, 3.63) is 46.6 Å². The first-order chi connectivity index (χ1) is 12.4. The van der Waals surface area contributed by atoms with Crippen LogP contribution >= 0.6 is 22.9 Å². The Labute approximate surface area is 156 Å². The van der Waals surface area contributed by atoms with Crippen LogP contribution in [-0.2, 0) is 11.3 Å².